The molecule has 2 aromatic carbocycles. The Bertz CT molecular complexity index is 1150. The van der Waals surface area contributed by atoms with Crippen molar-refractivity contribution in [2.75, 3.05) is 5.32 Å². The lowest BCUT2D eigenvalue weighted by atomic mass is 10.1. The van der Waals surface area contributed by atoms with Crippen LogP contribution in [-0.2, 0) is 17.9 Å². The molecule has 1 aliphatic heterocycles. The largest absolute Gasteiger partial charge is 0.337 e. The van der Waals surface area contributed by atoms with Crippen LogP contribution in [-0.4, -0.2) is 27.0 Å². The van der Waals surface area contributed by atoms with Gasteiger partial charge in [0.25, 0.3) is 0 Å². The number of carbonyl (C=O) groups is 2. The van der Waals surface area contributed by atoms with Gasteiger partial charge in [-0.05, 0) is 24.6 Å². The molecule has 1 aromatic heterocycles. The molecule has 11 heteroatoms. The average molecular weight is 445 g/mol. The first kappa shape index (κ1) is 21.3. The van der Waals surface area contributed by atoms with Crippen LogP contribution in [0.5, 0.6) is 0 Å². The molecule has 1 aliphatic rings. The number of aromatic nitrogens is 2. The maximum absolute atomic E-state index is 14.0. The Hall–Kier alpha value is -3.89. The third kappa shape index (κ3) is 4.71. The highest BCUT2D eigenvalue weighted by molar-refractivity contribution is 5.89. The van der Waals surface area contributed by atoms with E-state index >= 15 is 0 Å². The summed E-state index contributed by atoms with van der Waals surface area (Å²) in [7, 11) is 0. The van der Waals surface area contributed by atoms with E-state index in [9.17, 15) is 22.8 Å². The van der Waals surface area contributed by atoms with Crippen molar-refractivity contribution in [2.45, 2.75) is 32.0 Å². The second kappa shape index (κ2) is 9.08. The molecule has 2 N–H and O–H groups in total. The summed E-state index contributed by atoms with van der Waals surface area (Å²) < 4.78 is 45.4. The highest BCUT2D eigenvalue weighted by Gasteiger charge is 2.36. The first-order chi connectivity index (χ1) is 15.4. The number of anilines is 1. The van der Waals surface area contributed by atoms with E-state index in [1.54, 1.807) is 18.2 Å². The second-order valence-corrected chi connectivity index (χ2v) is 7.15. The van der Waals surface area contributed by atoms with Crippen molar-refractivity contribution in [1.29, 1.82) is 0 Å². The van der Waals surface area contributed by atoms with Crippen LogP contribution >= 0.6 is 0 Å². The molecule has 0 bridgehead atoms. The van der Waals surface area contributed by atoms with E-state index in [0.29, 0.717) is 12.0 Å². The molecule has 3 aromatic rings. The molecule has 32 heavy (non-hydrogen) atoms. The lowest BCUT2D eigenvalue weighted by molar-refractivity contribution is -0.130. The highest BCUT2D eigenvalue weighted by Crippen LogP contribution is 2.33. The Morgan fingerprint density at radius 1 is 1.12 bits per heavy atom. The van der Waals surface area contributed by atoms with Gasteiger partial charge in [-0.1, -0.05) is 23.4 Å². The second-order valence-electron chi connectivity index (χ2n) is 7.15. The standard InChI is InChI=1S/C21H18F3N5O3/c22-14-4-2-1-3-12(14)11-29-17(7-8-19(29)30)20-27-18(28-32-20)10-25-21(31)26-13-5-6-15(23)16(24)9-13/h1-6,9,17H,7-8,10-11H2,(H2,25,26,31)/t17-/m0/s1. The van der Waals surface area contributed by atoms with E-state index in [1.165, 1.54) is 17.0 Å². The van der Waals surface area contributed by atoms with Gasteiger partial charge in [0.05, 0.1) is 6.54 Å². The lowest BCUT2D eigenvalue weighted by Gasteiger charge is -2.22. The molecule has 0 spiro atoms. The van der Waals surface area contributed by atoms with Crippen LogP contribution in [0.25, 0.3) is 0 Å². The van der Waals surface area contributed by atoms with Crippen LogP contribution in [0, 0.1) is 17.5 Å². The van der Waals surface area contributed by atoms with E-state index in [1.807, 2.05) is 0 Å². The molecule has 0 saturated carbocycles. The first-order valence-corrected chi connectivity index (χ1v) is 9.76. The minimum atomic E-state index is -1.09. The summed E-state index contributed by atoms with van der Waals surface area (Å²) in [4.78, 5) is 30.0. The molecule has 3 amide bonds. The predicted octanol–water partition coefficient (Wildman–Crippen LogP) is 3.67. The van der Waals surface area contributed by atoms with Gasteiger partial charge in [0.15, 0.2) is 17.5 Å². The number of likely N-dealkylation sites (tertiary alicyclic amines) is 1. The Labute approximate surface area is 180 Å². The number of carbonyl (C=O) groups excluding carboxylic acids is 2. The van der Waals surface area contributed by atoms with Crippen LogP contribution in [0.4, 0.5) is 23.7 Å². The molecule has 1 saturated heterocycles. The van der Waals surface area contributed by atoms with Crippen molar-refractivity contribution in [3.05, 3.63) is 77.2 Å². The fourth-order valence-corrected chi connectivity index (χ4v) is 3.38. The fourth-order valence-electron chi connectivity index (χ4n) is 3.38. The molecular weight excluding hydrogens is 427 g/mol. The average Bonchev–Trinajstić information content (AvgIpc) is 3.38. The molecule has 2 heterocycles. The predicted molar refractivity (Wildman–Crippen MR) is 105 cm³/mol. The van der Waals surface area contributed by atoms with Gasteiger partial charge in [-0.15, -0.1) is 0 Å². The van der Waals surface area contributed by atoms with Gasteiger partial charge in [-0.2, -0.15) is 4.98 Å². The highest BCUT2D eigenvalue weighted by atomic mass is 19.2. The van der Waals surface area contributed by atoms with E-state index in [2.05, 4.69) is 20.8 Å². The molecule has 166 valence electrons. The van der Waals surface area contributed by atoms with Crippen molar-refractivity contribution in [2.24, 2.45) is 0 Å². The molecule has 1 fully saturated rings. The Kier molecular flexibility index (Phi) is 6.06. The summed E-state index contributed by atoms with van der Waals surface area (Å²) in [6.45, 7) is -0.0320. The third-order valence-corrected chi connectivity index (χ3v) is 4.98. The monoisotopic (exact) mass is 445 g/mol. The summed E-state index contributed by atoms with van der Waals surface area (Å²) in [6.07, 6.45) is 0.713. The number of benzene rings is 2. The molecule has 1 atom stereocenters. The van der Waals surface area contributed by atoms with Crippen LogP contribution in [0.2, 0.25) is 0 Å². The SMILES string of the molecule is O=C(NCc1noc([C@@H]2CCC(=O)N2Cc2ccccc2F)n1)Nc1ccc(F)c(F)c1. The van der Waals surface area contributed by atoms with Gasteiger partial charge in [0.1, 0.15) is 11.9 Å². The van der Waals surface area contributed by atoms with Crippen LogP contribution in [0.1, 0.15) is 36.2 Å². The Morgan fingerprint density at radius 3 is 2.72 bits per heavy atom. The fraction of sp³-hybridized carbons (Fsp3) is 0.238. The number of nitrogens with one attached hydrogen (secondary N) is 2. The van der Waals surface area contributed by atoms with Gasteiger partial charge >= 0.3 is 6.03 Å². The summed E-state index contributed by atoms with van der Waals surface area (Å²) in [6, 6.07) is 7.97. The molecule has 0 unspecified atom stereocenters. The topological polar surface area (TPSA) is 100 Å². The number of rotatable bonds is 6. The van der Waals surface area contributed by atoms with Crippen molar-refractivity contribution < 1.29 is 27.3 Å². The van der Waals surface area contributed by atoms with Crippen LogP contribution in [0.3, 0.4) is 0 Å². The van der Waals surface area contributed by atoms with Crippen LogP contribution in [0.15, 0.2) is 47.0 Å². The summed E-state index contributed by atoms with van der Waals surface area (Å²) in [5, 5.41) is 8.63. The van der Waals surface area contributed by atoms with Crippen molar-refractivity contribution >= 4 is 17.6 Å². The summed E-state index contributed by atoms with van der Waals surface area (Å²) in [5.74, 6) is -2.33. The van der Waals surface area contributed by atoms with Gasteiger partial charge in [0.2, 0.25) is 11.8 Å². The summed E-state index contributed by atoms with van der Waals surface area (Å²) >= 11 is 0. The van der Waals surface area contributed by atoms with Crippen molar-refractivity contribution in [3.63, 3.8) is 0 Å². The Morgan fingerprint density at radius 2 is 1.94 bits per heavy atom. The minimum absolute atomic E-state index is 0.0722. The Balaban J connectivity index is 1.37. The smallest absolute Gasteiger partial charge is 0.319 e. The number of nitrogens with zero attached hydrogens (tertiary/aromatic N) is 3. The zero-order chi connectivity index (χ0) is 22.7. The lowest BCUT2D eigenvalue weighted by Crippen LogP contribution is -2.29. The summed E-state index contributed by atoms with van der Waals surface area (Å²) in [5.41, 5.74) is 0.450. The molecule has 0 radical (unpaired) electrons. The van der Waals surface area contributed by atoms with E-state index in [-0.39, 0.29) is 42.8 Å². The number of hydrogen-bond donors (Lipinski definition) is 2. The third-order valence-electron chi connectivity index (χ3n) is 4.98. The van der Waals surface area contributed by atoms with Crippen molar-refractivity contribution in [1.82, 2.24) is 20.4 Å². The quantitative estimate of drug-likeness (QED) is 0.603. The first-order valence-electron chi connectivity index (χ1n) is 9.76. The maximum atomic E-state index is 14.0. The molecule has 0 aliphatic carbocycles. The van der Waals surface area contributed by atoms with Crippen LogP contribution < -0.4 is 10.6 Å². The molecule has 4 rings (SSSR count). The normalized spacial score (nSPS) is 15.8. The maximum Gasteiger partial charge on any atom is 0.319 e. The molecular formula is C21H18F3N5O3. The van der Waals surface area contributed by atoms with E-state index < -0.39 is 29.5 Å². The molecule has 8 nitrogen and oxygen atoms in total. The van der Waals surface area contributed by atoms with E-state index in [4.69, 9.17) is 4.52 Å². The zero-order valence-corrected chi connectivity index (χ0v) is 16.6. The van der Waals surface area contributed by atoms with Gasteiger partial charge < -0.3 is 20.1 Å². The number of urea groups is 1. The van der Waals surface area contributed by atoms with E-state index in [0.717, 1.165) is 12.1 Å². The van der Waals surface area contributed by atoms with Gasteiger partial charge in [-0.25, -0.2) is 18.0 Å². The number of hydrogen-bond acceptors (Lipinski definition) is 5. The van der Waals surface area contributed by atoms with Gasteiger partial charge in [-0.3, -0.25) is 4.79 Å². The zero-order valence-electron chi connectivity index (χ0n) is 16.6. The number of halogens is 3. The number of amides is 3. The minimum Gasteiger partial charge on any atom is -0.337 e. The van der Waals surface area contributed by atoms with Gasteiger partial charge in [0, 0.05) is 30.3 Å². The van der Waals surface area contributed by atoms with Crippen molar-refractivity contribution in [3.8, 4) is 0 Å².